The van der Waals surface area contributed by atoms with Crippen LogP contribution in [-0.4, -0.2) is 78.7 Å². The molecule has 31 heavy (non-hydrogen) atoms. The Hall–Kier alpha value is -3.54. The lowest BCUT2D eigenvalue weighted by atomic mass is 10.3. The number of nitrogens with one attached hydrogen (secondary N) is 1. The van der Waals surface area contributed by atoms with Crippen LogP contribution in [0.1, 0.15) is 0 Å². The smallest absolute Gasteiger partial charge is 0.332 e. The maximum atomic E-state index is 12.7. The summed E-state index contributed by atoms with van der Waals surface area (Å²) >= 11 is 0. The van der Waals surface area contributed by atoms with Gasteiger partial charge < -0.3 is 14.8 Å². The zero-order valence-electron chi connectivity index (χ0n) is 17.6. The minimum Gasteiger partial charge on any atom is -0.353 e. The number of fused-ring (bicyclic) bond motifs is 1. The number of carbonyl (C=O) groups excluding carboxylic acids is 1. The van der Waals surface area contributed by atoms with Crippen LogP contribution in [0.4, 0.5) is 5.95 Å². The Morgan fingerprint density at radius 3 is 2.48 bits per heavy atom. The van der Waals surface area contributed by atoms with Gasteiger partial charge in [0.15, 0.2) is 11.2 Å². The van der Waals surface area contributed by atoms with Crippen LogP contribution in [0, 0.1) is 0 Å². The van der Waals surface area contributed by atoms with E-state index in [-0.39, 0.29) is 18.0 Å². The third kappa shape index (κ3) is 4.19. The summed E-state index contributed by atoms with van der Waals surface area (Å²) in [4.78, 5) is 54.5. The van der Waals surface area contributed by atoms with Crippen molar-refractivity contribution < 1.29 is 4.79 Å². The lowest BCUT2D eigenvalue weighted by Gasteiger charge is -2.34. The minimum absolute atomic E-state index is 0.287. The minimum atomic E-state index is -0.564. The number of aryl methyl sites for hydroxylation is 2. The predicted octanol–water partition coefficient (Wildman–Crippen LogP) is -1.84. The monoisotopic (exact) mass is 427 g/mol. The van der Waals surface area contributed by atoms with Crippen LogP contribution in [0.5, 0.6) is 0 Å². The summed E-state index contributed by atoms with van der Waals surface area (Å²) in [7, 11) is 3.21. The third-order valence-corrected chi connectivity index (χ3v) is 5.46. The first kappa shape index (κ1) is 20.7. The summed E-state index contributed by atoms with van der Waals surface area (Å²) in [6.07, 6.45) is 4.93. The molecule has 0 saturated carbocycles. The highest BCUT2D eigenvalue weighted by Crippen LogP contribution is 2.09. The van der Waals surface area contributed by atoms with Gasteiger partial charge in [0.25, 0.3) is 5.56 Å². The van der Waals surface area contributed by atoms with Gasteiger partial charge in [-0.1, -0.05) is 0 Å². The maximum absolute atomic E-state index is 12.7. The Morgan fingerprint density at radius 2 is 1.77 bits per heavy atom. The van der Waals surface area contributed by atoms with E-state index in [1.54, 1.807) is 30.1 Å². The number of carbonyl (C=O) groups is 1. The van der Waals surface area contributed by atoms with Crippen molar-refractivity contribution in [2.45, 2.75) is 6.54 Å². The van der Waals surface area contributed by atoms with E-state index < -0.39 is 11.2 Å². The highest BCUT2D eigenvalue weighted by molar-refractivity contribution is 5.76. The topological polar surface area (TPSA) is 123 Å². The summed E-state index contributed by atoms with van der Waals surface area (Å²) in [6.45, 7) is 4.09. The molecule has 1 aliphatic rings. The summed E-state index contributed by atoms with van der Waals surface area (Å²) in [5.41, 5.74) is -0.498. The van der Waals surface area contributed by atoms with Crippen LogP contribution in [0.2, 0.25) is 0 Å². The molecule has 0 bridgehead atoms. The number of aromatic nitrogens is 6. The lowest BCUT2D eigenvalue weighted by molar-refractivity contribution is -0.121. The van der Waals surface area contributed by atoms with Crippen molar-refractivity contribution in [1.82, 2.24) is 38.9 Å². The fraction of sp³-hybridized carbons (Fsp3) is 0.474. The van der Waals surface area contributed by atoms with Gasteiger partial charge in [-0.15, -0.1) is 0 Å². The van der Waals surface area contributed by atoms with E-state index in [1.165, 1.54) is 17.9 Å². The van der Waals surface area contributed by atoms with E-state index in [1.807, 2.05) is 0 Å². The first-order valence-electron chi connectivity index (χ1n) is 10.1. The van der Waals surface area contributed by atoms with E-state index in [0.29, 0.717) is 18.7 Å². The molecule has 1 N–H and O–H groups in total. The second-order valence-corrected chi connectivity index (χ2v) is 7.49. The molecule has 0 radical (unpaired) electrons. The van der Waals surface area contributed by atoms with Gasteiger partial charge in [-0.2, -0.15) is 0 Å². The Kier molecular flexibility index (Phi) is 5.80. The van der Waals surface area contributed by atoms with Crippen LogP contribution >= 0.6 is 0 Å². The zero-order valence-corrected chi connectivity index (χ0v) is 17.6. The summed E-state index contributed by atoms with van der Waals surface area (Å²) in [6, 6.07) is 1.79. The zero-order chi connectivity index (χ0) is 22.0. The summed E-state index contributed by atoms with van der Waals surface area (Å²) < 4.78 is 3.77. The van der Waals surface area contributed by atoms with Crippen LogP contribution < -0.4 is 21.5 Å². The Morgan fingerprint density at radius 1 is 1.06 bits per heavy atom. The quantitative estimate of drug-likeness (QED) is 0.487. The standard InChI is InChI=1S/C19H25N9O3/c1-24-13-23-16-15(24)17(30)28(19(31)25(16)2)12-14(29)20-6-7-26-8-10-27(11-9-26)18-21-4-3-5-22-18/h3-5,13H,6-12H2,1-2H3,(H,20,29). The van der Waals surface area contributed by atoms with Crippen molar-refractivity contribution in [3.63, 3.8) is 0 Å². The van der Waals surface area contributed by atoms with Gasteiger partial charge in [-0.25, -0.2) is 24.3 Å². The molecule has 3 aromatic heterocycles. The number of nitrogens with zero attached hydrogens (tertiary/aromatic N) is 8. The molecular formula is C19H25N9O3. The summed E-state index contributed by atoms with van der Waals surface area (Å²) in [5, 5.41) is 2.80. The number of rotatable bonds is 6. The fourth-order valence-electron chi connectivity index (χ4n) is 3.71. The maximum Gasteiger partial charge on any atom is 0.332 e. The molecule has 4 heterocycles. The number of amides is 1. The lowest BCUT2D eigenvalue weighted by Crippen LogP contribution is -2.49. The highest BCUT2D eigenvalue weighted by atomic mass is 16.2. The number of hydrogen-bond donors (Lipinski definition) is 1. The largest absolute Gasteiger partial charge is 0.353 e. The highest BCUT2D eigenvalue weighted by Gasteiger charge is 2.19. The fourth-order valence-corrected chi connectivity index (χ4v) is 3.71. The summed E-state index contributed by atoms with van der Waals surface area (Å²) in [5.74, 6) is 0.352. The molecule has 0 aromatic carbocycles. The van der Waals surface area contributed by atoms with Crippen LogP contribution in [0.15, 0.2) is 34.4 Å². The molecule has 3 aromatic rings. The molecule has 0 unspecified atom stereocenters. The second kappa shape index (κ2) is 8.68. The first-order valence-corrected chi connectivity index (χ1v) is 10.1. The molecule has 0 atom stereocenters. The van der Waals surface area contributed by atoms with E-state index >= 15 is 0 Å². The predicted molar refractivity (Wildman–Crippen MR) is 114 cm³/mol. The first-order chi connectivity index (χ1) is 15.0. The SMILES string of the molecule is Cn1cnc2c1c(=O)n(CC(=O)NCCN1CCN(c3ncccn3)CC1)c(=O)n2C. The van der Waals surface area contributed by atoms with E-state index in [9.17, 15) is 14.4 Å². The molecule has 0 aliphatic carbocycles. The van der Waals surface area contributed by atoms with Crippen LogP contribution in [0.3, 0.4) is 0 Å². The van der Waals surface area contributed by atoms with Crippen molar-refractivity contribution in [1.29, 1.82) is 0 Å². The van der Waals surface area contributed by atoms with Gasteiger partial charge in [-0.3, -0.25) is 19.1 Å². The van der Waals surface area contributed by atoms with Gasteiger partial charge in [0, 0.05) is 65.8 Å². The van der Waals surface area contributed by atoms with E-state index in [0.717, 1.165) is 36.7 Å². The molecule has 12 heteroatoms. The van der Waals surface area contributed by atoms with Crippen LogP contribution in [-0.2, 0) is 25.4 Å². The average molecular weight is 427 g/mol. The second-order valence-electron chi connectivity index (χ2n) is 7.49. The van der Waals surface area contributed by atoms with Crippen molar-refractivity contribution in [3.05, 3.63) is 45.6 Å². The van der Waals surface area contributed by atoms with Crippen molar-refractivity contribution in [2.75, 3.05) is 44.2 Å². The van der Waals surface area contributed by atoms with Crippen molar-refractivity contribution in [3.8, 4) is 0 Å². The molecule has 164 valence electrons. The Labute approximate surface area is 177 Å². The molecule has 1 saturated heterocycles. The normalized spacial score (nSPS) is 14.8. The molecule has 0 spiro atoms. The van der Waals surface area contributed by atoms with E-state index in [4.69, 9.17) is 0 Å². The average Bonchev–Trinajstić information content (AvgIpc) is 3.18. The molecule has 1 aliphatic heterocycles. The molecule has 1 amide bonds. The van der Waals surface area contributed by atoms with E-state index in [2.05, 4.69) is 30.1 Å². The van der Waals surface area contributed by atoms with Crippen LogP contribution in [0.25, 0.3) is 11.2 Å². The third-order valence-electron chi connectivity index (χ3n) is 5.46. The Bertz CT molecular complexity index is 1190. The number of imidazole rings is 1. The molecule has 12 nitrogen and oxygen atoms in total. The number of piperazine rings is 1. The molecule has 4 rings (SSSR count). The van der Waals surface area contributed by atoms with Gasteiger partial charge in [0.2, 0.25) is 11.9 Å². The van der Waals surface area contributed by atoms with Gasteiger partial charge in [0.05, 0.1) is 6.33 Å². The van der Waals surface area contributed by atoms with Gasteiger partial charge in [-0.05, 0) is 6.07 Å². The molecule has 1 fully saturated rings. The van der Waals surface area contributed by atoms with Gasteiger partial charge in [0.1, 0.15) is 6.54 Å². The molecular weight excluding hydrogens is 402 g/mol. The Balaban J connectivity index is 1.30. The van der Waals surface area contributed by atoms with Gasteiger partial charge >= 0.3 is 5.69 Å². The van der Waals surface area contributed by atoms with Crippen molar-refractivity contribution in [2.24, 2.45) is 14.1 Å². The number of hydrogen-bond acceptors (Lipinski definition) is 8. The number of anilines is 1. The van der Waals surface area contributed by atoms with Crippen molar-refractivity contribution >= 4 is 23.0 Å².